The van der Waals surface area contributed by atoms with E-state index < -0.39 is 17.7 Å². The summed E-state index contributed by atoms with van der Waals surface area (Å²) in [7, 11) is 2.85. The number of rotatable bonds is 11. The van der Waals surface area contributed by atoms with Crippen molar-refractivity contribution in [2.45, 2.75) is 26.8 Å². The second-order valence-corrected chi connectivity index (χ2v) is 7.34. The number of benzene rings is 2. The maximum Gasteiger partial charge on any atom is 0.258 e. The van der Waals surface area contributed by atoms with Gasteiger partial charge in [-0.2, -0.15) is 10.2 Å². The van der Waals surface area contributed by atoms with Gasteiger partial charge in [-0.3, -0.25) is 9.59 Å². The van der Waals surface area contributed by atoms with Gasteiger partial charge in [-0.05, 0) is 20.8 Å². The number of carbonyl (C=O) groups is 2. The fourth-order valence-corrected chi connectivity index (χ4v) is 3.26. The topological polar surface area (TPSA) is 108 Å². The predicted molar refractivity (Wildman–Crippen MR) is 126 cm³/mol. The van der Waals surface area contributed by atoms with Crippen molar-refractivity contribution in [2.24, 2.45) is 10.2 Å². The lowest BCUT2D eigenvalue weighted by molar-refractivity contribution is -0.126. The first-order chi connectivity index (χ1) is 15.7. The highest BCUT2D eigenvalue weighted by molar-refractivity contribution is 6.33. The Bertz CT molecular complexity index is 1050. The van der Waals surface area contributed by atoms with Gasteiger partial charge in [-0.15, -0.1) is 0 Å². The molecule has 2 rings (SSSR count). The van der Waals surface area contributed by atoms with Gasteiger partial charge in [0.15, 0.2) is 11.5 Å². The number of ketones is 1. The third-order valence-electron chi connectivity index (χ3n) is 4.24. The van der Waals surface area contributed by atoms with Crippen LogP contribution in [0.5, 0.6) is 23.0 Å². The van der Waals surface area contributed by atoms with Crippen molar-refractivity contribution in [3.8, 4) is 23.0 Å². The van der Waals surface area contributed by atoms with Crippen LogP contribution in [0, 0.1) is 0 Å². The first kappa shape index (κ1) is 26.2. The van der Waals surface area contributed by atoms with Gasteiger partial charge in [-0.1, -0.05) is 23.2 Å². The number of Topliss-reactive ketones (excluding diaryl/α,β-unsaturated/α-hetero) is 1. The standard InChI is InChI=1S/C22H25Cl2N3O6/c1-6-32-18-11-16(19(33-7-2)10-14(18)23)26-27-20(12(3)28)22(29)25-17-9-13(30-4)8-15(24)21(17)31-5/h8-11,20H,6-7H2,1-5H3,(H,25,29). The highest BCUT2D eigenvalue weighted by Crippen LogP contribution is 2.39. The van der Waals surface area contributed by atoms with Crippen LogP contribution in [0.2, 0.25) is 10.0 Å². The summed E-state index contributed by atoms with van der Waals surface area (Å²) in [5.41, 5.74) is 0.471. The molecule has 0 saturated heterocycles. The largest absolute Gasteiger partial charge is 0.497 e. The normalized spacial score (nSPS) is 11.7. The van der Waals surface area contributed by atoms with E-state index >= 15 is 0 Å². The molecular weight excluding hydrogens is 473 g/mol. The summed E-state index contributed by atoms with van der Waals surface area (Å²) in [4.78, 5) is 25.1. The number of methoxy groups -OCH3 is 2. The summed E-state index contributed by atoms with van der Waals surface area (Å²) in [6, 6.07) is 4.67. The van der Waals surface area contributed by atoms with E-state index in [-0.39, 0.29) is 22.1 Å². The van der Waals surface area contributed by atoms with Crippen molar-refractivity contribution in [1.29, 1.82) is 0 Å². The first-order valence-electron chi connectivity index (χ1n) is 9.98. The average molecular weight is 498 g/mol. The Balaban J connectivity index is 2.39. The Kier molecular flexibility index (Phi) is 9.74. The van der Waals surface area contributed by atoms with Gasteiger partial charge >= 0.3 is 0 Å². The molecule has 0 heterocycles. The van der Waals surface area contributed by atoms with Gasteiger partial charge in [0.25, 0.3) is 5.91 Å². The minimum Gasteiger partial charge on any atom is -0.497 e. The SMILES string of the molecule is CCOc1cc(N=NC(C(C)=O)C(=O)Nc2cc(OC)cc(Cl)c2OC)c(OCC)cc1Cl. The summed E-state index contributed by atoms with van der Waals surface area (Å²) in [5.74, 6) is 0.0487. The number of hydrogen-bond donors (Lipinski definition) is 1. The molecule has 11 heteroatoms. The van der Waals surface area contributed by atoms with E-state index in [9.17, 15) is 9.59 Å². The molecule has 9 nitrogen and oxygen atoms in total. The van der Waals surface area contributed by atoms with Crippen LogP contribution < -0.4 is 24.3 Å². The maximum atomic E-state index is 12.9. The van der Waals surface area contributed by atoms with Crippen LogP contribution in [0.1, 0.15) is 20.8 Å². The van der Waals surface area contributed by atoms with Gasteiger partial charge in [0.1, 0.15) is 22.9 Å². The van der Waals surface area contributed by atoms with Crippen molar-refractivity contribution in [1.82, 2.24) is 0 Å². The fraction of sp³-hybridized carbons (Fsp3) is 0.364. The van der Waals surface area contributed by atoms with Crippen LogP contribution in [-0.2, 0) is 9.59 Å². The lowest BCUT2D eigenvalue weighted by Gasteiger charge is -2.15. The van der Waals surface area contributed by atoms with E-state index in [0.717, 1.165) is 0 Å². The Morgan fingerprint density at radius 3 is 2.21 bits per heavy atom. The molecule has 2 aromatic rings. The molecule has 0 aromatic heterocycles. The first-order valence-corrected chi connectivity index (χ1v) is 10.7. The second-order valence-electron chi connectivity index (χ2n) is 6.52. The lowest BCUT2D eigenvalue weighted by atomic mass is 10.2. The molecule has 1 N–H and O–H groups in total. The minimum absolute atomic E-state index is 0.211. The zero-order chi connectivity index (χ0) is 24.5. The molecule has 2 aromatic carbocycles. The van der Waals surface area contributed by atoms with Gasteiger partial charge in [0.2, 0.25) is 6.04 Å². The average Bonchev–Trinajstić information content (AvgIpc) is 2.76. The third-order valence-corrected chi connectivity index (χ3v) is 4.82. The van der Waals surface area contributed by atoms with E-state index in [2.05, 4.69) is 15.5 Å². The summed E-state index contributed by atoms with van der Waals surface area (Å²) in [6.45, 7) is 5.57. The van der Waals surface area contributed by atoms with E-state index in [4.69, 9.17) is 42.1 Å². The van der Waals surface area contributed by atoms with Gasteiger partial charge in [0.05, 0.1) is 43.2 Å². The fourth-order valence-electron chi connectivity index (χ4n) is 2.77. The Hall–Kier alpha value is -3.04. The lowest BCUT2D eigenvalue weighted by Crippen LogP contribution is -2.32. The Morgan fingerprint density at radius 2 is 1.64 bits per heavy atom. The number of nitrogens with one attached hydrogen (secondary N) is 1. The van der Waals surface area contributed by atoms with Crippen LogP contribution in [0.15, 0.2) is 34.5 Å². The van der Waals surface area contributed by atoms with Crippen LogP contribution in [0.3, 0.4) is 0 Å². The molecule has 0 spiro atoms. The molecule has 0 aliphatic heterocycles. The highest BCUT2D eigenvalue weighted by Gasteiger charge is 2.25. The zero-order valence-corrected chi connectivity index (χ0v) is 20.4. The maximum absolute atomic E-state index is 12.9. The Morgan fingerprint density at radius 1 is 0.970 bits per heavy atom. The molecule has 0 bridgehead atoms. The number of carbonyl (C=O) groups excluding carboxylic acids is 2. The monoisotopic (exact) mass is 497 g/mol. The molecule has 178 valence electrons. The third kappa shape index (κ3) is 6.72. The van der Waals surface area contributed by atoms with Crippen molar-refractivity contribution < 1.29 is 28.5 Å². The summed E-state index contributed by atoms with van der Waals surface area (Å²) < 4.78 is 21.4. The molecule has 0 saturated carbocycles. The molecule has 0 fully saturated rings. The molecule has 1 unspecified atom stereocenters. The van der Waals surface area contributed by atoms with Gasteiger partial charge < -0.3 is 24.3 Å². The summed E-state index contributed by atoms with van der Waals surface area (Å²) in [5, 5.41) is 11.2. The molecule has 1 atom stereocenters. The van der Waals surface area contributed by atoms with E-state index in [1.807, 2.05) is 6.92 Å². The highest BCUT2D eigenvalue weighted by atomic mass is 35.5. The number of anilines is 1. The summed E-state index contributed by atoms with van der Waals surface area (Å²) >= 11 is 12.4. The van der Waals surface area contributed by atoms with Crippen LogP contribution in [0.25, 0.3) is 0 Å². The molecule has 0 radical (unpaired) electrons. The number of amides is 1. The van der Waals surface area contributed by atoms with Crippen LogP contribution in [-0.4, -0.2) is 45.2 Å². The molecule has 0 aliphatic rings. The van der Waals surface area contributed by atoms with Gasteiger partial charge in [0, 0.05) is 24.3 Å². The smallest absolute Gasteiger partial charge is 0.258 e. The molecular formula is C22H25Cl2N3O6. The van der Waals surface area contributed by atoms with E-state index in [1.54, 1.807) is 6.92 Å². The van der Waals surface area contributed by atoms with Crippen molar-refractivity contribution in [3.63, 3.8) is 0 Å². The molecule has 33 heavy (non-hydrogen) atoms. The number of azo groups is 1. The van der Waals surface area contributed by atoms with Crippen LogP contribution in [0.4, 0.5) is 11.4 Å². The van der Waals surface area contributed by atoms with Crippen LogP contribution >= 0.6 is 23.2 Å². The molecule has 0 aliphatic carbocycles. The number of ether oxygens (including phenoxy) is 4. The summed E-state index contributed by atoms with van der Waals surface area (Å²) in [6.07, 6.45) is 0. The van der Waals surface area contributed by atoms with E-state index in [1.165, 1.54) is 45.4 Å². The minimum atomic E-state index is -1.44. The number of halogens is 2. The van der Waals surface area contributed by atoms with E-state index in [0.29, 0.717) is 35.5 Å². The predicted octanol–water partition coefficient (Wildman–Crippen LogP) is 5.49. The zero-order valence-electron chi connectivity index (χ0n) is 18.9. The van der Waals surface area contributed by atoms with Gasteiger partial charge in [-0.25, -0.2) is 0 Å². The second kappa shape index (κ2) is 12.3. The number of nitrogens with zero attached hydrogens (tertiary/aromatic N) is 2. The quantitative estimate of drug-likeness (QED) is 0.324. The molecule has 1 amide bonds. The Labute approximate surface area is 202 Å². The van der Waals surface area contributed by atoms with Crippen molar-refractivity contribution in [3.05, 3.63) is 34.3 Å². The number of hydrogen-bond acceptors (Lipinski definition) is 8. The van der Waals surface area contributed by atoms with Crippen molar-refractivity contribution in [2.75, 3.05) is 32.8 Å². The van der Waals surface area contributed by atoms with Crippen molar-refractivity contribution >= 4 is 46.3 Å².